The van der Waals surface area contributed by atoms with Crippen LogP contribution in [-0.2, 0) is 9.53 Å². The van der Waals surface area contributed by atoms with Gasteiger partial charge in [0.25, 0.3) is 0 Å². The predicted octanol–water partition coefficient (Wildman–Crippen LogP) is 1.82. The van der Waals surface area contributed by atoms with Crippen molar-refractivity contribution in [3.63, 3.8) is 0 Å². The van der Waals surface area contributed by atoms with Gasteiger partial charge in [0.15, 0.2) is 11.7 Å². The summed E-state index contributed by atoms with van der Waals surface area (Å²) >= 11 is 5.72. The van der Waals surface area contributed by atoms with Crippen molar-refractivity contribution in [1.29, 1.82) is 5.26 Å². The molecule has 20 heavy (non-hydrogen) atoms. The van der Waals surface area contributed by atoms with E-state index in [1.54, 1.807) is 25.3 Å². The minimum absolute atomic E-state index is 0.285. The number of methoxy groups -OCH3 is 1. The zero-order valence-electron chi connectivity index (χ0n) is 11.1. The average molecular weight is 295 g/mol. The smallest absolute Gasteiger partial charge is 0.245 e. The number of halogens is 1. The molecule has 1 rings (SSSR count). The number of Topliss-reactive ketones (excluding diaryl/α,β-unsaturated/α-hetero) is 1. The first-order valence-corrected chi connectivity index (χ1v) is 6.44. The lowest BCUT2D eigenvalue weighted by Crippen LogP contribution is -2.35. The van der Waals surface area contributed by atoms with Crippen LogP contribution in [0, 0.1) is 17.2 Å². The maximum absolute atomic E-state index is 12.1. The Hall–Kier alpha value is -1.90. The Morgan fingerprint density at radius 3 is 2.60 bits per heavy atom. The molecule has 0 aliphatic heterocycles. The van der Waals surface area contributed by atoms with Crippen molar-refractivity contribution in [2.45, 2.75) is 6.42 Å². The van der Waals surface area contributed by atoms with Crippen LogP contribution < -0.4 is 5.32 Å². The third kappa shape index (κ3) is 4.65. The number of hydrogen-bond donors (Lipinski definition) is 1. The monoisotopic (exact) mass is 294 g/mol. The predicted molar refractivity (Wildman–Crippen MR) is 74.4 cm³/mol. The van der Waals surface area contributed by atoms with Crippen LogP contribution in [0.25, 0.3) is 0 Å². The molecule has 5 nitrogen and oxygen atoms in total. The van der Waals surface area contributed by atoms with Crippen molar-refractivity contribution in [1.82, 2.24) is 5.32 Å². The molecule has 1 aromatic carbocycles. The molecule has 1 N–H and O–H groups in total. The zero-order valence-corrected chi connectivity index (χ0v) is 11.8. The number of ether oxygens (including phenoxy) is 1. The molecule has 1 aromatic rings. The summed E-state index contributed by atoms with van der Waals surface area (Å²) in [7, 11) is 1.56. The molecule has 6 heteroatoms. The van der Waals surface area contributed by atoms with E-state index in [0.717, 1.165) is 0 Å². The number of carbonyl (C=O) groups excluding carboxylic acids is 2. The van der Waals surface area contributed by atoms with Crippen LogP contribution in [0.2, 0.25) is 5.02 Å². The number of carbonyl (C=O) groups is 2. The second-order valence-corrected chi connectivity index (χ2v) is 4.51. The van der Waals surface area contributed by atoms with E-state index in [4.69, 9.17) is 21.6 Å². The first kappa shape index (κ1) is 16.2. The van der Waals surface area contributed by atoms with E-state index in [1.807, 2.05) is 0 Å². The lowest BCUT2D eigenvalue weighted by molar-refractivity contribution is -0.122. The molecule has 1 amide bonds. The molecule has 0 aliphatic carbocycles. The number of rotatable bonds is 7. The normalized spacial score (nSPS) is 11.4. The largest absolute Gasteiger partial charge is 0.385 e. The van der Waals surface area contributed by atoms with Gasteiger partial charge in [-0.2, -0.15) is 5.26 Å². The molecular weight excluding hydrogens is 280 g/mol. The van der Waals surface area contributed by atoms with Crippen molar-refractivity contribution >= 4 is 23.3 Å². The van der Waals surface area contributed by atoms with Crippen molar-refractivity contribution in [2.24, 2.45) is 5.92 Å². The lowest BCUT2D eigenvalue weighted by Gasteiger charge is -2.09. The molecular formula is C14H15ClN2O3. The fourth-order valence-corrected chi connectivity index (χ4v) is 1.67. The summed E-state index contributed by atoms with van der Waals surface area (Å²) in [4.78, 5) is 23.9. The Labute approximate surface area is 122 Å². The first-order chi connectivity index (χ1) is 9.60. The number of benzene rings is 1. The van der Waals surface area contributed by atoms with Gasteiger partial charge >= 0.3 is 0 Å². The van der Waals surface area contributed by atoms with Crippen molar-refractivity contribution in [3.05, 3.63) is 34.9 Å². The van der Waals surface area contributed by atoms with E-state index in [2.05, 4.69) is 5.32 Å². The summed E-state index contributed by atoms with van der Waals surface area (Å²) in [6.07, 6.45) is 0.621. The van der Waals surface area contributed by atoms with E-state index >= 15 is 0 Å². The van der Waals surface area contributed by atoms with Gasteiger partial charge in [-0.05, 0) is 30.7 Å². The Bertz CT molecular complexity index is 508. The molecule has 0 saturated heterocycles. The van der Waals surface area contributed by atoms with Crippen molar-refractivity contribution < 1.29 is 14.3 Å². The maximum atomic E-state index is 12.1. The Balaban J connectivity index is 2.65. The highest BCUT2D eigenvalue weighted by Crippen LogP contribution is 2.13. The molecule has 0 spiro atoms. The fraction of sp³-hybridized carbons (Fsp3) is 0.357. The third-order valence-electron chi connectivity index (χ3n) is 2.61. The summed E-state index contributed by atoms with van der Waals surface area (Å²) in [5.74, 6) is -2.48. The van der Waals surface area contributed by atoms with Gasteiger partial charge in [0, 0.05) is 30.8 Å². The van der Waals surface area contributed by atoms with Gasteiger partial charge in [0.05, 0.1) is 6.07 Å². The van der Waals surface area contributed by atoms with Crippen LogP contribution in [0.15, 0.2) is 24.3 Å². The van der Waals surface area contributed by atoms with Crippen LogP contribution >= 0.6 is 11.6 Å². The second-order valence-electron chi connectivity index (χ2n) is 4.07. The maximum Gasteiger partial charge on any atom is 0.245 e. The van der Waals surface area contributed by atoms with E-state index in [9.17, 15) is 9.59 Å². The molecule has 1 atom stereocenters. The van der Waals surface area contributed by atoms with Crippen LogP contribution in [-0.4, -0.2) is 32.0 Å². The number of amides is 1. The van der Waals surface area contributed by atoms with Gasteiger partial charge in [-0.15, -0.1) is 0 Å². The van der Waals surface area contributed by atoms with E-state index in [-0.39, 0.29) is 5.56 Å². The van der Waals surface area contributed by atoms with Gasteiger partial charge in [-0.3, -0.25) is 9.59 Å². The number of hydrogen-bond acceptors (Lipinski definition) is 4. The van der Waals surface area contributed by atoms with Gasteiger partial charge in [0.1, 0.15) is 0 Å². The first-order valence-electron chi connectivity index (χ1n) is 6.06. The fourth-order valence-electron chi connectivity index (χ4n) is 1.55. The highest BCUT2D eigenvalue weighted by molar-refractivity contribution is 6.30. The number of nitrogens with one attached hydrogen (secondary N) is 1. The summed E-state index contributed by atoms with van der Waals surface area (Å²) < 4.78 is 4.84. The van der Waals surface area contributed by atoms with Crippen LogP contribution in [0.1, 0.15) is 16.8 Å². The molecule has 0 aliphatic rings. The topological polar surface area (TPSA) is 79.2 Å². The van der Waals surface area contributed by atoms with Gasteiger partial charge in [-0.25, -0.2) is 0 Å². The van der Waals surface area contributed by atoms with Gasteiger partial charge in [0.2, 0.25) is 5.91 Å². The highest BCUT2D eigenvalue weighted by atomic mass is 35.5. The number of nitriles is 1. The second kappa shape index (κ2) is 8.31. The third-order valence-corrected chi connectivity index (χ3v) is 2.86. The van der Waals surface area contributed by atoms with Crippen LogP contribution in [0.4, 0.5) is 0 Å². The molecule has 106 valence electrons. The van der Waals surface area contributed by atoms with Gasteiger partial charge < -0.3 is 10.1 Å². The van der Waals surface area contributed by atoms with Crippen LogP contribution in [0.5, 0.6) is 0 Å². The van der Waals surface area contributed by atoms with Gasteiger partial charge in [-0.1, -0.05) is 11.6 Å². The summed E-state index contributed by atoms with van der Waals surface area (Å²) in [5.41, 5.74) is 0.285. The van der Waals surface area contributed by atoms with E-state index in [0.29, 0.717) is 24.6 Å². The Kier molecular flexibility index (Phi) is 6.71. The molecule has 0 bridgehead atoms. The average Bonchev–Trinajstić information content (AvgIpc) is 2.45. The van der Waals surface area contributed by atoms with Crippen LogP contribution in [0.3, 0.4) is 0 Å². The molecule has 0 aromatic heterocycles. The number of nitrogens with zero attached hydrogens (tertiary/aromatic N) is 1. The van der Waals surface area contributed by atoms with E-state index < -0.39 is 17.6 Å². The standard InChI is InChI=1S/C14H15ClN2O3/c1-20-8-2-7-17-14(19)12(9-16)13(18)10-3-5-11(15)6-4-10/h3-6,12H,2,7-8H2,1H3,(H,17,19)/t12-/m0/s1. The number of ketones is 1. The van der Waals surface area contributed by atoms with Crippen molar-refractivity contribution in [3.8, 4) is 6.07 Å². The molecule has 0 fully saturated rings. The Morgan fingerprint density at radius 2 is 2.05 bits per heavy atom. The molecule has 0 radical (unpaired) electrons. The SMILES string of the molecule is COCCCNC(=O)[C@@H](C#N)C(=O)c1ccc(Cl)cc1. The quantitative estimate of drug-likeness (QED) is 0.472. The summed E-state index contributed by atoms with van der Waals surface area (Å²) in [5, 5.41) is 12.0. The molecule has 0 heterocycles. The van der Waals surface area contributed by atoms with E-state index in [1.165, 1.54) is 12.1 Å². The Morgan fingerprint density at radius 1 is 1.40 bits per heavy atom. The summed E-state index contributed by atoms with van der Waals surface area (Å²) in [6, 6.07) is 7.80. The molecule has 0 unspecified atom stereocenters. The molecule has 0 saturated carbocycles. The minimum atomic E-state index is -1.35. The lowest BCUT2D eigenvalue weighted by atomic mass is 9.98. The van der Waals surface area contributed by atoms with Crippen molar-refractivity contribution in [2.75, 3.05) is 20.3 Å². The highest BCUT2D eigenvalue weighted by Gasteiger charge is 2.27. The zero-order chi connectivity index (χ0) is 15.0. The summed E-state index contributed by atoms with van der Waals surface area (Å²) in [6.45, 7) is 0.862. The minimum Gasteiger partial charge on any atom is -0.385 e.